The molecule has 0 saturated carbocycles. The van der Waals surface area contributed by atoms with Crippen LogP contribution < -0.4 is 4.57 Å². The number of carbonyl (C=O) groups excluding carboxylic acids is 2. The zero-order chi connectivity index (χ0) is 17.4. The topological polar surface area (TPSA) is 41.3 Å². The zero-order valence-corrected chi connectivity index (χ0v) is 14.7. The van der Waals surface area contributed by atoms with Crippen LogP contribution in [-0.4, -0.2) is 23.3 Å². The lowest BCUT2D eigenvalue weighted by atomic mass is 9.85. The fraction of sp³-hybridized carbons (Fsp3) is 0.350. The summed E-state index contributed by atoms with van der Waals surface area (Å²) in [5, 5.41) is 1.89. The molecule has 0 spiro atoms. The smallest absolute Gasteiger partial charge is 0.233 e. The second-order valence-corrected chi connectivity index (χ2v) is 7.23. The Morgan fingerprint density at radius 3 is 2.72 bits per heavy atom. The summed E-state index contributed by atoms with van der Waals surface area (Å²) in [6, 6.07) is 12.3. The normalized spacial score (nSPS) is 23.1. The van der Waals surface area contributed by atoms with Gasteiger partial charge >= 0.3 is 0 Å². The van der Waals surface area contributed by atoms with Crippen molar-refractivity contribution in [1.29, 1.82) is 0 Å². The highest BCUT2D eigenvalue weighted by Gasteiger charge is 2.47. The maximum Gasteiger partial charge on any atom is 0.233 e. The van der Waals surface area contributed by atoms with Crippen molar-refractivity contribution in [3.8, 4) is 0 Å². The molecule has 5 heteroatoms. The summed E-state index contributed by atoms with van der Waals surface area (Å²) < 4.78 is 2.17. The van der Waals surface area contributed by atoms with Gasteiger partial charge in [-0.2, -0.15) is 4.57 Å². The van der Waals surface area contributed by atoms with Crippen LogP contribution in [0.5, 0.6) is 0 Å². The van der Waals surface area contributed by atoms with E-state index in [4.69, 9.17) is 11.6 Å². The van der Waals surface area contributed by atoms with E-state index in [9.17, 15) is 9.59 Å². The molecule has 1 saturated heterocycles. The van der Waals surface area contributed by atoms with Gasteiger partial charge in [0.2, 0.25) is 17.3 Å². The zero-order valence-electron chi connectivity index (χ0n) is 13.9. The van der Waals surface area contributed by atoms with Crippen LogP contribution in [0.4, 0.5) is 0 Å². The lowest BCUT2D eigenvalue weighted by Crippen LogP contribution is -2.38. The highest BCUT2D eigenvalue weighted by atomic mass is 35.5. The fourth-order valence-electron chi connectivity index (χ4n) is 3.93. The Labute approximate surface area is 151 Å². The second kappa shape index (κ2) is 6.60. The minimum absolute atomic E-state index is 0.0293. The van der Waals surface area contributed by atoms with E-state index in [-0.39, 0.29) is 23.7 Å². The number of hydrogen-bond acceptors (Lipinski definition) is 2. The summed E-state index contributed by atoms with van der Waals surface area (Å²) in [6.45, 7) is 1.24. The number of pyridine rings is 1. The fourth-order valence-corrected chi connectivity index (χ4v) is 4.19. The molecule has 2 aromatic rings. The van der Waals surface area contributed by atoms with Crippen molar-refractivity contribution in [2.24, 2.45) is 11.8 Å². The van der Waals surface area contributed by atoms with E-state index in [0.717, 1.165) is 18.5 Å². The number of nitrogens with zero attached hydrogens (tertiary/aromatic N) is 2. The van der Waals surface area contributed by atoms with Crippen LogP contribution >= 0.6 is 11.6 Å². The van der Waals surface area contributed by atoms with Crippen LogP contribution in [-0.2, 0) is 16.1 Å². The number of benzene rings is 1. The van der Waals surface area contributed by atoms with Crippen LogP contribution in [0.1, 0.15) is 19.3 Å². The summed E-state index contributed by atoms with van der Waals surface area (Å²) in [6.07, 6.45) is 5.76. The van der Waals surface area contributed by atoms with E-state index >= 15 is 0 Å². The number of likely N-dealkylation sites (tertiary alicyclic amines) is 1. The molecule has 1 aromatic carbocycles. The highest BCUT2D eigenvalue weighted by Crippen LogP contribution is 2.38. The minimum Gasteiger partial charge on any atom is -0.282 e. The molecular formula is C20H20ClN2O2+. The van der Waals surface area contributed by atoms with E-state index in [1.54, 1.807) is 0 Å². The minimum atomic E-state index is -0.254. The van der Waals surface area contributed by atoms with Crippen LogP contribution in [0.2, 0.25) is 0 Å². The Hall–Kier alpha value is -2.20. The average molecular weight is 356 g/mol. The molecule has 128 valence electrons. The number of aromatic nitrogens is 1. The SMILES string of the molecule is O=C1[C@H]2CC=C(Cl)C[C@@H]2C(=O)N1CCC[n+]1cccc2ccccc21. The van der Waals surface area contributed by atoms with Crippen molar-refractivity contribution >= 4 is 34.3 Å². The summed E-state index contributed by atoms with van der Waals surface area (Å²) in [7, 11) is 0. The molecule has 0 unspecified atom stereocenters. The van der Waals surface area contributed by atoms with Crippen LogP contribution in [0.15, 0.2) is 53.7 Å². The lowest BCUT2D eigenvalue weighted by molar-refractivity contribution is -0.671. The first-order valence-corrected chi connectivity index (χ1v) is 9.10. The predicted octanol–water partition coefficient (Wildman–Crippen LogP) is 3.04. The van der Waals surface area contributed by atoms with E-state index < -0.39 is 0 Å². The van der Waals surface area contributed by atoms with E-state index in [1.807, 2.05) is 30.5 Å². The van der Waals surface area contributed by atoms with Crippen molar-refractivity contribution in [3.05, 3.63) is 53.7 Å². The van der Waals surface area contributed by atoms with E-state index in [1.165, 1.54) is 10.3 Å². The molecule has 0 radical (unpaired) electrons. The molecule has 1 fully saturated rings. The molecule has 0 bridgehead atoms. The van der Waals surface area contributed by atoms with Gasteiger partial charge in [-0.15, -0.1) is 0 Å². The monoisotopic (exact) mass is 355 g/mol. The third-order valence-corrected chi connectivity index (χ3v) is 5.54. The first-order chi connectivity index (χ1) is 12.1. The van der Waals surface area contributed by atoms with Gasteiger partial charge in [0.15, 0.2) is 12.7 Å². The van der Waals surface area contributed by atoms with Gasteiger partial charge in [-0.05, 0) is 25.0 Å². The maximum absolute atomic E-state index is 12.6. The van der Waals surface area contributed by atoms with Crippen LogP contribution in [0, 0.1) is 11.8 Å². The quantitative estimate of drug-likeness (QED) is 0.625. The highest BCUT2D eigenvalue weighted by molar-refractivity contribution is 6.30. The molecule has 1 aromatic heterocycles. The van der Waals surface area contributed by atoms with Crippen molar-refractivity contribution in [1.82, 2.24) is 4.90 Å². The Balaban J connectivity index is 1.44. The van der Waals surface area contributed by atoms with Gasteiger partial charge < -0.3 is 0 Å². The number of fused-ring (bicyclic) bond motifs is 2. The number of carbonyl (C=O) groups is 2. The number of allylic oxidation sites excluding steroid dienone is 2. The Kier molecular flexibility index (Phi) is 4.30. The van der Waals surface area contributed by atoms with Gasteiger partial charge in [-0.25, -0.2) is 0 Å². The number of aryl methyl sites for hydroxylation is 1. The molecule has 4 rings (SSSR count). The van der Waals surface area contributed by atoms with Gasteiger partial charge in [0, 0.05) is 35.5 Å². The summed E-state index contributed by atoms with van der Waals surface area (Å²) in [5.41, 5.74) is 1.16. The molecule has 0 N–H and O–H groups in total. The van der Waals surface area contributed by atoms with Crippen molar-refractivity contribution < 1.29 is 14.2 Å². The summed E-state index contributed by atoms with van der Waals surface area (Å²) in [5.74, 6) is -0.544. The molecule has 2 aliphatic rings. The first-order valence-electron chi connectivity index (χ1n) is 8.72. The largest absolute Gasteiger partial charge is 0.282 e. The van der Waals surface area contributed by atoms with Crippen molar-refractivity contribution in [2.75, 3.05) is 6.54 Å². The molecule has 2 atom stereocenters. The number of halogens is 1. The summed E-state index contributed by atoms with van der Waals surface area (Å²) >= 11 is 6.06. The number of amides is 2. The van der Waals surface area contributed by atoms with E-state index in [2.05, 4.69) is 22.8 Å². The van der Waals surface area contributed by atoms with Gasteiger partial charge in [-0.3, -0.25) is 14.5 Å². The van der Waals surface area contributed by atoms with Gasteiger partial charge in [0.25, 0.3) is 0 Å². The van der Waals surface area contributed by atoms with Crippen LogP contribution in [0.25, 0.3) is 10.9 Å². The Morgan fingerprint density at radius 1 is 1.08 bits per heavy atom. The van der Waals surface area contributed by atoms with Gasteiger partial charge in [0.05, 0.1) is 11.8 Å². The number of hydrogen-bond donors (Lipinski definition) is 0. The van der Waals surface area contributed by atoms with Gasteiger partial charge in [0.1, 0.15) is 0 Å². The van der Waals surface area contributed by atoms with Gasteiger partial charge in [-0.1, -0.05) is 29.8 Å². The average Bonchev–Trinajstić information content (AvgIpc) is 2.86. The molecule has 4 nitrogen and oxygen atoms in total. The Bertz CT molecular complexity index is 872. The molecule has 1 aliphatic heterocycles. The molecule has 1 aliphatic carbocycles. The number of imide groups is 1. The molecule has 2 heterocycles. The number of para-hydroxylation sites is 1. The predicted molar refractivity (Wildman–Crippen MR) is 95.6 cm³/mol. The Morgan fingerprint density at radius 2 is 1.84 bits per heavy atom. The van der Waals surface area contributed by atoms with E-state index in [0.29, 0.717) is 24.4 Å². The maximum atomic E-state index is 12.6. The third kappa shape index (κ3) is 2.95. The molecule has 2 amide bonds. The van der Waals surface area contributed by atoms with Crippen molar-refractivity contribution in [3.63, 3.8) is 0 Å². The summed E-state index contributed by atoms with van der Waals surface area (Å²) in [4.78, 5) is 26.5. The molecule has 25 heavy (non-hydrogen) atoms. The lowest BCUT2D eigenvalue weighted by Gasteiger charge is -2.17. The van der Waals surface area contributed by atoms with Crippen LogP contribution in [0.3, 0.4) is 0 Å². The number of rotatable bonds is 4. The third-order valence-electron chi connectivity index (χ3n) is 5.23. The first kappa shape index (κ1) is 16.3. The second-order valence-electron chi connectivity index (χ2n) is 6.75. The standard InChI is InChI=1S/C20H20ClN2O2/c21-15-8-9-16-17(13-15)20(25)23(19(16)24)12-4-11-22-10-3-6-14-5-1-2-7-18(14)22/h1-3,5-8,10,16-17H,4,9,11-13H2/q+1/t16-,17-/m0/s1. The molecular weight excluding hydrogens is 336 g/mol. The van der Waals surface area contributed by atoms with Crippen molar-refractivity contribution in [2.45, 2.75) is 25.8 Å².